The van der Waals surface area contributed by atoms with Gasteiger partial charge in [-0.3, -0.25) is 4.79 Å². The van der Waals surface area contributed by atoms with Gasteiger partial charge in [0.2, 0.25) is 5.91 Å². The summed E-state index contributed by atoms with van der Waals surface area (Å²) in [7, 11) is 0. The molecule has 0 aromatic carbocycles. The van der Waals surface area contributed by atoms with Gasteiger partial charge in [0.1, 0.15) is 6.61 Å². The molecule has 0 aromatic heterocycles. The Bertz CT molecular complexity index is 371. The van der Waals surface area contributed by atoms with Gasteiger partial charge >= 0.3 is 6.09 Å². The Morgan fingerprint density at radius 3 is 2.29 bits per heavy atom. The molecule has 6 nitrogen and oxygen atoms in total. The molecule has 0 bridgehead atoms. The van der Waals surface area contributed by atoms with Crippen molar-refractivity contribution in [2.24, 2.45) is 11.3 Å². The molecule has 1 saturated heterocycles. The normalized spacial score (nSPS) is 20.8. The Kier molecular flexibility index (Phi) is 6.16. The summed E-state index contributed by atoms with van der Waals surface area (Å²) in [5.41, 5.74) is -0.242. The van der Waals surface area contributed by atoms with Crippen molar-refractivity contribution in [2.75, 3.05) is 19.8 Å². The molecule has 2 atom stereocenters. The molecule has 0 radical (unpaired) electrons. The number of rotatable bonds is 6. The van der Waals surface area contributed by atoms with Crippen LogP contribution in [0.1, 0.15) is 41.5 Å². The summed E-state index contributed by atoms with van der Waals surface area (Å²) in [6.45, 7) is 12.4. The van der Waals surface area contributed by atoms with Crippen LogP contribution in [0.25, 0.3) is 0 Å². The van der Waals surface area contributed by atoms with Gasteiger partial charge in [-0.2, -0.15) is 0 Å². The third-order valence-electron chi connectivity index (χ3n) is 3.57. The highest BCUT2D eigenvalue weighted by atomic mass is 16.7. The summed E-state index contributed by atoms with van der Waals surface area (Å²) in [6, 6.07) is -0.274. The van der Waals surface area contributed by atoms with Crippen molar-refractivity contribution in [1.29, 1.82) is 0 Å². The molecule has 21 heavy (non-hydrogen) atoms. The topological polar surface area (TPSA) is 65.1 Å². The fourth-order valence-corrected chi connectivity index (χ4v) is 2.30. The Morgan fingerprint density at radius 1 is 1.33 bits per heavy atom. The van der Waals surface area contributed by atoms with E-state index in [0.29, 0.717) is 13.2 Å². The predicted octanol–water partition coefficient (Wildman–Crippen LogP) is 2.42. The molecular formula is C15H27NO5. The van der Waals surface area contributed by atoms with Crippen LogP contribution < -0.4 is 0 Å². The van der Waals surface area contributed by atoms with Gasteiger partial charge in [-0.1, -0.05) is 20.8 Å². The van der Waals surface area contributed by atoms with Gasteiger partial charge in [0.05, 0.1) is 12.0 Å². The highest BCUT2D eigenvalue weighted by Crippen LogP contribution is 2.31. The first-order valence-electron chi connectivity index (χ1n) is 7.47. The van der Waals surface area contributed by atoms with E-state index in [1.54, 1.807) is 6.92 Å². The molecule has 0 aromatic rings. The first kappa shape index (κ1) is 17.9. The van der Waals surface area contributed by atoms with E-state index in [-0.39, 0.29) is 24.0 Å². The quantitative estimate of drug-likeness (QED) is 0.705. The van der Waals surface area contributed by atoms with Gasteiger partial charge in [0.15, 0.2) is 6.29 Å². The summed E-state index contributed by atoms with van der Waals surface area (Å²) in [4.78, 5) is 25.8. The largest absolute Gasteiger partial charge is 0.447 e. The van der Waals surface area contributed by atoms with Crippen molar-refractivity contribution in [3.05, 3.63) is 0 Å². The Labute approximate surface area is 126 Å². The lowest BCUT2D eigenvalue weighted by Gasteiger charge is -2.33. The molecule has 1 rings (SSSR count). The van der Waals surface area contributed by atoms with Crippen molar-refractivity contribution >= 4 is 12.0 Å². The predicted molar refractivity (Wildman–Crippen MR) is 77.6 cm³/mol. The number of amides is 2. The summed E-state index contributed by atoms with van der Waals surface area (Å²) < 4.78 is 16.0. The summed E-state index contributed by atoms with van der Waals surface area (Å²) in [5.74, 6) is -0.885. The van der Waals surface area contributed by atoms with E-state index >= 15 is 0 Å². The second kappa shape index (κ2) is 7.22. The van der Waals surface area contributed by atoms with E-state index in [9.17, 15) is 9.59 Å². The average molecular weight is 301 g/mol. The molecule has 0 N–H and O–H groups in total. The molecular weight excluding hydrogens is 274 g/mol. The van der Waals surface area contributed by atoms with Gasteiger partial charge in [0, 0.05) is 13.2 Å². The smallest absolute Gasteiger partial charge is 0.417 e. The van der Waals surface area contributed by atoms with Crippen LogP contribution in [0, 0.1) is 11.3 Å². The average Bonchev–Trinajstić information content (AvgIpc) is 2.78. The Hall–Kier alpha value is -1.14. The summed E-state index contributed by atoms with van der Waals surface area (Å²) in [5, 5.41) is 0. The van der Waals surface area contributed by atoms with E-state index < -0.39 is 18.3 Å². The Morgan fingerprint density at radius 2 is 1.86 bits per heavy atom. The number of imide groups is 1. The molecule has 1 fully saturated rings. The van der Waals surface area contributed by atoms with Gasteiger partial charge in [-0.05, 0) is 26.2 Å². The number of carbonyl (C=O) groups excluding carboxylic acids is 2. The maximum atomic E-state index is 12.7. The lowest BCUT2D eigenvalue weighted by Crippen LogP contribution is -2.50. The van der Waals surface area contributed by atoms with Crippen molar-refractivity contribution in [3.63, 3.8) is 0 Å². The van der Waals surface area contributed by atoms with E-state index in [0.717, 1.165) is 0 Å². The highest BCUT2D eigenvalue weighted by Gasteiger charge is 2.46. The Balaban J connectivity index is 2.90. The van der Waals surface area contributed by atoms with Crippen LogP contribution in [0.15, 0.2) is 0 Å². The minimum absolute atomic E-state index is 0.231. The number of nitrogens with zero attached hydrogens (tertiary/aromatic N) is 1. The van der Waals surface area contributed by atoms with Crippen LogP contribution in [0.2, 0.25) is 0 Å². The van der Waals surface area contributed by atoms with Crippen LogP contribution in [0.3, 0.4) is 0 Å². The zero-order chi connectivity index (χ0) is 16.2. The highest BCUT2D eigenvalue weighted by molar-refractivity contribution is 5.95. The lowest BCUT2D eigenvalue weighted by atomic mass is 9.86. The van der Waals surface area contributed by atoms with E-state index in [2.05, 4.69) is 0 Å². The summed E-state index contributed by atoms with van der Waals surface area (Å²) in [6.07, 6.45) is -1.24. The minimum Gasteiger partial charge on any atom is -0.447 e. The van der Waals surface area contributed by atoms with Crippen molar-refractivity contribution in [3.8, 4) is 0 Å². The number of carbonyl (C=O) groups is 2. The number of hydrogen-bond donors (Lipinski definition) is 0. The summed E-state index contributed by atoms with van der Waals surface area (Å²) >= 11 is 0. The zero-order valence-electron chi connectivity index (χ0n) is 13.8. The lowest BCUT2D eigenvalue weighted by molar-refractivity contribution is -0.178. The number of hydrogen-bond acceptors (Lipinski definition) is 5. The molecule has 122 valence electrons. The first-order chi connectivity index (χ1) is 9.73. The third kappa shape index (κ3) is 4.17. The fourth-order valence-electron chi connectivity index (χ4n) is 2.30. The van der Waals surface area contributed by atoms with Gasteiger partial charge in [-0.15, -0.1) is 0 Å². The second-order valence-corrected chi connectivity index (χ2v) is 6.23. The molecule has 2 amide bonds. The third-order valence-corrected chi connectivity index (χ3v) is 3.57. The van der Waals surface area contributed by atoms with Crippen molar-refractivity contribution < 1.29 is 23.8 Å². The minimum atomic E-state index is -0.651. The number of ether oxygens (including phenoxy) is 3. The van der Waals surface area contributed by atoms with Gasteiger partial charge in [-0.25, -0.2) is 9.69 Å². The van der Waals surface area contributed by atoms with Crippen LogP contribution in [0.4, 0.5) is 4.79 Å². The maximum absolute atomic E-state index is 12.7. The van der Waals surface area contributed by atoms with Crippen molar-refractivity contribution in [2.45, 2.75) is 53.9 Å². The standard InChI is InChI=1S/C15H27NO5/c1-7-19-13(20-8-2)10(3)12(17)16-11(15(4,5)6)9-21-14(16)18/h10-11,13H,7-9H2,1-6H3/t10-,11-/m1/s1. The van der Waals surface area contributed by atoms with Crippen LogP contribution in [-0.2, 0) is 19.0 Å². The molecule has 1 heterocycles. The maximum Gasteiger partial charge on any atom is 0.417 e. The van der Waals surface area contributed by atoms with Crippen LogP contribution >= 0.6 is 0 Å². The molecule has 0 aliphatic carbocycles. The van der Waals surface area contributed by atoms with Crippen LogP contribution in [-0.4, -0.2) is 49.1 Å². The molecule has 1 aliphatic rings. The molecule has 1 aliphatic heterocycles. The monoisotopic (exact) mass is 301 g/mol. The molecule has 6 heteroatoms. The number of cyclic esters (lactones) is 1. The SMILES string of the molecule is CCOC(OCC)[C@H](C)C(=O)N1C(=O)OC[C@@H]1C(C)(C)C. The molecule has 0 unspecified atom stereocenters. The van der Waals surface area contributed by atoms with Gasteiger partial charge < -0.3 is 14.2 Å². The van der Waals surface area contributed by atoms with Gasteiger partial charge in [0.25, 0.3) is 0 Å². The van der Waals surface area contributed by atoms with E-state index in [1.807, 2.05) is 34.6 Å². The first-order valence-corrected chi connectivity index (χ1v) is 7.47. The fraction of sp³-hybridized carbons (Fsp3) is 0.867. The van der Waals surface area contributed by atoms with E-state index in [4.69, 9.17) is 14.2 Å². The zero-order valence-corrected chi connectivity index (χ0v) is 13.8. The molecule has 0 saturated carbocycles. The van der Waals surface area contributed by atoms with Crippen LogP contribution in [0.5, 0.6) is 0 Å². The van der Waals surface area contributed by atoms with E-state index in [1.165, 1.54) is 4.90 Å². The van der Waals surface area contributed by atoms with Crippen molar-refractivity contribution in [1.82, 2.24) is 4.90 Å². The second-order valence-electron chi connectivity index (χ2n) is 6.23. The molecule has 0 spiro atoms.